The van der Waals surface area contributed by atoms with E-state index in [0.29, 0.717) is 24.1 Å². The lowest BCUT2D eigenvalue weighted by atomic mass is 9.92. The van der Waals surface area contributed by atoms with E-state index in [-0.39, 0.29) is 12.5 Å². The monoisotopic (exact) mass is 308 g/mol. The molecule has 1 amide bonds. The SMILES string of the molecule is CC(C)N1CCC(CC(=O)NCc2cc(=O)c(O)co2)CC1. The summed E-state index contributed by atoms with van der Waals surface area (Å²) in [6, 6.07) is 1.75. The maximum Gasteiger partial charge on any atom is 0.226 e. The van der Waals surface area contributed by atoms with Gasteiger partial charge >= 0.3 is 0 Å². The molecule has 1 aromatic heterocycles. The average molecular weight is 308 g/mol. The molecule has 0 aliphatic carbocycles. The number of hydrogen-bond donors (Lipinski definition) is 2. The van der Waals surface area contributed by atoms with Gasteiger partial charge in [-0.15, -0.1) is 0 Å². The van der Waals surface area contributed by atoms with Crippen molar-refractivity contribution in [3.63, 3.8) is 0 Å². The van der Waals surface area contributed by atoms with Crippen molar-refractivity contribution in [1.29, 1.82) is 0 Å². The molecule has 0 aromatic carbocycles. The van der Waals surface area contributed by atoms with E-state index in [1.807, 2.05) is 0 Å². The van der Waals surface area contributed by atoms with Crippen molar-refractivity contribution in [3.05, 3.63) is 28.3 Å². The summed E-state index contributed by atoms with van der Waals surface area (Å²) < 4.78 is 5.05. The smallest absolute Gasteiger partial charge is 0.226 e. The van der Waals surface area contributed by atoms with Crippen LogP contribution in [-0.4, -0.2) is 35.0 Å². The summed E-state index contributed by atoms with van der Waals surface area (Å²) in [7, 11) is 0. The third-order valence-electron chi connectivity index (χ3n) is 4.18. The number of aromatic hydroxyl groups is 1. The minimum Gasteiger partial charge on any atom is -0.502 e. The number of rotatable bonds is 5. The summed E-state index contributed by atoms with van der Waals surface area (Å²) in [6.45, 7) is 6.64. The summed E-state index contributed by atoms with van der Waals surface area (Å²) in [5, 5.41) is 11.9. The van der Waals surface area contributed by atoms with Gasteiger partial charge in [0.15, 0.2) is 5.75 Å². The Labute approximate surface area is 130 Å². The van der Waals surface area contributed by atoms with Crippen LogP contribution < -0.4 is 10.7 Å². The molecule has 1 aromatic rings. The van der Waals surface area contributed by atoms with Crippen molar-refractivity contribution < 1.29 is 14.3 Å². The zero-order chi connectivity index (χ0) is 16.1. The number of nitrogens with zero attached hydrogens (tertiary/aromatic N) is 1. The molecule has 122 valence electrons. The third kappa shape index (κ3) is 4.59. The number of carbonyl (C=O) groups excluding carboxylic acids is 1. The van der Waals surface area contributed by atoms with E-state index in [0.717, 1.165) is 32.2 Å². The number of nitrogens with one attached hydrogen (secondary N) is 1. The largest absolute Gasteiger partial charge is 0.502 e. The van der Waals surface area contributed by atoms with Gasteiger partial charge in [0.2, 0.25) is 11.3 Å². The topological polar surface area (TPSA) is 82.8 Å². The lowest BCUT2D eigenvalue weighted by Gasteiger charge is -2.34. The molecule has 0 saturated carbocycles. The Bertz CT molecular complexity index is 560. The molecule has 6 heteroatoms. The summed E-state index contributed by atoms with van der Waals surface area (Å²) in [4.78, 5) is 25.6. The van der Waals surface area contributed by atoms with Crippen LogP contribution in [0.1, 0.15) is 38.9 Å². The van der Waals surface area contributed by atoms with Crippen LogP contribution in [0.15, 0.2) is 21.5 Å². The normalized spacial score (nSPS) is 16.9. The molecular formula is C16H24N2O4. The minimum absolute atomic E-state index is 0.0290. The fourth-order valence-electron chi connectivity index (χ4n) is 2.73. The van der Waals surface area contributed by atoms with Gasteiger partial charge in [-0.1, -0.05) is 0 Å². The molecule has 22 heavy (non-hydrogen) atoms. The van der Waals surface area contributed by atoms with Crippen LogP contribution in [-0.2, 0) is 11.3 Å². The number of carbonyl (C=O) groups is 1. The van der Waals surface area contributed by atoms with Gasteiger partial charge in [-0.25, -0.2) is 0 Å². The van der Waals surface area contributed by atoms with Gasteiger partial charge in [0, 0.05) is 18.5 Å². The van der Waals surface area contributed by atoms with Crippen LogP contribution in [0.2, 0.25) is 0 Å². The van der Waals surface area contributed by atoms with Gasteiger partial charge in [-0.05, 0) is 45.7 Å². The molecule has 0 bridgehead atoms. The minimum atomic E-state index is -0.503. The Morgan fingerprint density at radius 1 is 1.45 bits per heavy atom. The van der Waals surface area contributed by atoms with Crippen molar-refractivity contribution in [2.24, 2.45) is 5.92 Å². The maximum absolute atomic E-state index is 12.0. The Balaban J connectivity index is 1.74. The third-order valence-corrected chi connectivity index (χ3v) is 4.18. The second-order valence-electron chi connectivity index (χ2n) is 6.15. The van der Waals surface area contributed by atoms with E-state index in [9.17, 15) is 9.59 Å². The second-order valence-corrected chi connectivity index (χ2v) is 6.15. The quantitative estimate of drug-likeness (QED) is 0.861. The summed E-state index contributed by atoms with van der Waals surface area (Å²) in [5.74, 6) is 0.304. The number of amides is 1. The highest BCUT2D eigenvalue weighted by molar-refractivity contribution is 5.76. The average Bonchev–Trinajstić information content (AvgIpc) is 2.49. The molecule has 2 N–H and O–H groups in total. The predicted octanol–water partition coefficient (Wildman–Crippen LogP) is 1.47. The fraction of sp³-hybridized carbons (Fsp3) is 0.625. The molecule has 1 saturated heterocycles. The van der Waals surface area contributed by atoms with Gasteiger partial charge in [-0.2, -0.15) is 0 Å². The van der Waals surface area contributed by atoms with Crippen molar-refractivity contribution in [2.75, 3.05) is 13.1 Å². The van der Waals surface area contributed by atoms with Crippen molar-refractivity contribution >= 4 is 5.91 Å². The molecule has 1 aliphatic heterocycles. The zero-order valence-corrected chi connectivity index (χ0v) is 13.2. The Morgan fingerprint density at radius 2 is 2.14 bits per heavy atom. The first kappa shape index (κ1) is 16.5. The molecule has 2 rings (SSSR count). The number of likely N-dealkylation sites (tertiary alicyclic amines) is 1. The highest BCUT2D eigenvalue weighted by atomic mass is 16.4. The summed E-state index contributed by atoms with van der Waals surface area (Å²) in [5.41, 5.74) is -0.503. The van der Waals surface area contributed by atoms with E-state index in [1.165, 1.54) is 6.07 Å². The predicted molar refractivity (Wildman–Crippen MR) is 82.5 cm³/mol. The van der Waals surface area contributed by atoms with E-state index in [1.54, 1.807) is 0 Å². The van der Waals surface area contributed by atoms with Gasteiger partial charge < -0.3 is 19.7 Å². The van der Waals surface area contributed by atoms with Crippen LogP contribution in [0, 0.1) is 5.92 Å². The molecule has 0 unspecified atom stereocenters. The second kappa shape index (κ2) is 7.45. The molecule has 0 radical (unpaired) electrons. The summed E-state index contributed by atoms with van der Waals surface area (Å²) >= 11 is 0. The van der Waals surface area contributed by atoms with Gasteiger partial charge in [0.25, 0.3) is 0 Å². The van der Waals surface area contributed by atoms with E-state index >= 15 is 0 Å². The van der Waals surface area contributed by atoms with Crippen LogP contribution >= 0.6 is 0 Å². The first-order valence-electron chi connectivity index (χ1n) is 7.77. The maximum atomic E-state index is 12.0. The van der Waals surface area contributed by atoms with Crippen LogP contribution in [0.4, 0.5) is 0 Å². The Morgan fingerprint density at radius 3 is 2.73 bits per heavy atom. The van der Waals surface area contributed by atoms with E-state index < -0.39 is 11.2 Å². The van der Waals surface area contributed by atoms with Crippen molar-refractivity contribution in [1.82, 2.24) is 10.2 Å². The first-order chi connectivity index (χ1) is 10.5. The highest BCUT2D eigenvalue weighted by Crippen LogP contribution is 2.21. The lowest BCUT2D eigenvalue weighted by Crippen LogP contribution is -2.39. The highest BCUT2D eigenvalue weighted by Gasteiger charge is 2.22. The van der Waals surface area contributed by atoms with Gasteiger partial charge in [0.1, 0.15) is 12.0 Å². The molecule has 0 atom stereocenters. The van der Waals surface area contributed by atoms with E-state index in [2.05, 4.69) is 24.1 Å². The zero-order valence-electron chi connectivity index (χ0n) is 13.2. The van der Waals surface area contributed by atoms with Crippen molar-refractivity contribution in [3.8, 4) is 5.75 Å². The van der Waals surface area contributed by atoms with Gasteiger partial charge in [-0.3, -0.25) is 9.59 Å². The fourth-order valence-corrected chi connectivity index (χ4v) is 2.73. The van der Waals surface area contributed by atoms with Crippen molar-refractivity contribution in [2.45, 2.75) is 45.7 Å². The molecular weight excluding hydrogens is 284 g/mol. The molecule has 2 heterocycles. The molecule has 0 spiro atoms. The molecule has 1 fully saturated rings. The number of piperidine rings is 1. The molecule has 1 aliphatic rings. The van der Waals surface area contributed by atoms with Crippen LogP contribution in [0.5, 0.6) is 5.75 Å². The van der Waals surface area contributed by atoms with Crippen LogP contribution in [0.3, 0.4) is 0 Å². The van der Waals surface area contributed by atoms with Crippen LogP contribution in [0.25, 0.3) is 0 Å². The first-order valence-corrected chi connectivity index (χ1v) is 7.77. The van der Waals surface area contributed by atoms with E-state index in [4.69, 9.17) is 9.52 Å². The lowest BCUT2D eigenvalue weighted by molar-refractivity contribution is -0.122. The summed E-state index contributed by atoms with van der Waals surface area (Å²) in [6.07, 6.45) is 3.58. The standard InChI is InChI=1S/C16H24N2O4/c1-11(2)18-5-3-12(4-6-18)7-16(21)17-9-13-8-14(19)15(20)10-22-13/h8,10-12,20H,3-7,9H2,1-2H3,(H,17,21). The molecule has 6 nitrogen and oxygen atoms in total. The Kier molecular flexibility index (Phi) is 5.60. The Hall–Kier alpha value is -1.82. The van der Waals surface area contributed by atoms with Gasteiger partial charge in [0.05, 0.1) is 6.54 Å². The number of hydrogen-bond acceptors (Lipinski definition) is 5.